The van der Waals surface area contributed by atoms with Crippen LogP contribution in [0.3, 0.4) is 0 Å². The fourth-order valence-corrected chi connectivity index (χ4v) is 5.14. The van der Waals surface area contributed by atoms with Crippen molar-refractivity contribution in [2.75, 3.05) is 5.73 Å². The number of anilines is 1. The lowest BCUT2D eigenvalue weighted by Crippen LogP contribution is -2.17. The molecule has 2 N–H and O–H groups in total. The average molecular weight is 435 g/mol. The molecule has 4 aromatic rings. The number of rotatable bonds is 4. The minimum absolute atomic E-state index is 0.0108. The second-order valence-electron chi connectivity index (χ2n) is 7.52. The largest absolute Gasteiger partial charge is 0.382 e. The molecule has 7 heteroatoms. The van der Waals surface area contributed by atoms with Gasteiger partial charge in [0, 0.05) is 17.0 Å². The van der Waals surface area contributed by atoms with Gasteiger partial charge < -0.3 is 5.73 Å². The van der Waals surface area contributed by atoms with Crippen molar-refractivity contribution in [1.82, 2.24) is 15.0 Å². The van der Waals surface area contributed by atoms with Crippen molar-refractivity contribution in [2.24, 2.45) is 5.92 Å². The van der Waals surface area contributed by atoms with Crippen LogP contribution in [-0.4, -0.2) is 20.7 Å². The van der Waals surface area contributed by atoms with Crippen LogP contribution in [0.4, 0.5) is 5.82 Å². The van der Waals surface area contributed by atoms with Gasteiger partial charge in [-0.05, 0) is 25.0 Å². The van der Waals surface area contributed by atoms with Crippen molar-refractivity contribution < 1.29 is 4.79 Å². The number of ketones is 1. The highest BCUT2D eigenvalue weighted by Gasteiger charge is 2.28. The van der Waals surface area contributed by atoms with E-state index in [4.69, 9.17) is 22.3 Å². The van der Waals surface area contributed by atoms with E-state index in [0.29, 0.717) is 16.4 Å². The van der Waals surface area contributed by atoms with Crippen molar-refractivity contribution in [3.05, 3.63) is 58.7 Å². The van der Waals surface area contributed by atoms with Gasteiger partial charge in [0.2, 0.25) is 0 Å². The molecule has 1 saturated carbocycles. The van der Waals surface area contributed by atoms with Crippen molar-refractivity contribution in [3.63, 3.8) is 0 Å². The van der Waals surface area contributed by atoms with Crippen LogP contribution < -0.4 is 5.73 Å². The highest BCUT2D eigenvalue weighted by molar-refractivity contribution is 7.16. The summed E-state index contributed by atoms with van der Waals surface area (Å²) in [5, 5.41) is 0.546. The Morgan fingerprint density at radius 2 is 1.77 bits per heavy atom. The number of carbonyl (C=O) groups excluding carboxylic acids is 1. The number of nitrogens with zero attached hydrogens (tertiary/aromatic N) is 3. The molecule has 2 aromatic carbocycles. The molecule has 0 amide bonds. The van der Waals surface area contributed by atoms with E-state index in [1.165, 1.54) is 11.3 Å². The number of carbonyl (C=O) groups is 1. The molecule has 0 bridgehead atoms. The molecule has 0 unspecified atom stereocenters. The summed E-state index contributed by atoms with van der Waals surface area (Å²) in [6.45, 7) is 0. The molecule has 1 aliphatic carbocycles. The Balaban J connectivity index is 1.73. The summed E-state index contributed by atoms with van der Waals surface area (Å²) in [7, 11) is 0. The zero-order valence-corrected chi connectivity index (χ0v) is 17.7. The topological polar surface area (TPSA) is 81.8 Å². The first-order chi connectivity index (χ1) is 14.6. The van der Waals surface area contributed by atoms with Gasteiger partial charge in [-0.15, -0.1) is 11.3 Å². The summed E-state index contributed by atoms with van der Waals surface area (Å²) in [6, 6.07) is 13.6. The summed E-state index contributed by atoms with van der Waals surface area (Å²) in [5.74, 6) is 0.146. The van der Waals surface area contributed by atoms with Gasteiger partial charge in [-0.2, -0.15) is 0 Å². The van der Waals surface area contributed by atoms with Crippen LogP contribution in [0.5, 0.6) is 0 Å². The summed E-state index contributed by atoms with van der Waals surface area (Å²) >= 11 is 8.00. The smallest absolute Gasteiger partial charge is 0.188 e. The molecular formula is C23H19ClN4OS. The fraction of sp³-hybridized carbons (Fsp3) is 0.217. The van der Waals surface area contributed by atoms with Crippen LogP contribution in [0.25, 0.3) is 32.7 Å². The van der Waals surface area contributed by atoms with Crippen LogP contribution in [0, 0.1) is 5.92 Å². The molecule has 1 aliphatic rings. The van der Waals surface area contributed by atoms with Crippen molar-refractivity contribution in [2.45, 2.75) is 25.7 Å². The van der Waals surface area contributed by atoms with Gasteiger partial charge in [-0.3, -0.25) is 4.79 Å². The molecule has 2 heterocycles. The predicted octanol–water partition coefficient (Wildman–Crippen LogP) is 6.03. The lowest BCUT2D eigenvalue weighted by atomic mass is 9.98. The lowest BCUT2D eigenvalue weighted by Gasteiger charge is -2.15. The molecule has 5 rings (SSSR count). The molecule has 30 heavy (non-hydrogen) atoms. The Morgan fingerprint density at radius 3 is 2.53 bits per heavy atom. The Morgan fingerprint density at radius 1 is 1.03 bits per heavy atom. The monoisotopic (exact) mass is 434 g/mol. The molecule has 0 radical (unpaired) electrons. The standard InChI is InChI=1S/C23H19ClN4OS/c24-16-10-15(11-17-20(16)26-12-30-17)19-18(13-6-2-1-3-7-13)28-23(25)21(27-19)22(29)14-8-4-5-9-14/h1-3,6-7,10-12,14H,4-5,8-9H2,(H2,25,28). The summed E-state index contributed by atoms with van der Waals surface area (Å²) < 4.78 is 0.957. The minimum atomic E-state index is -0.0235. The second-order valence-corrected chi connectivity index (χ2v) is 8.82. The summed E-state index contributed by atoms with van der Waals surface area (Å²) in [6.07, 6.45) is 3.90. The summed E-state index contributed by atoms with van der Waals surface area (Å²) in [5.41, 5.74) is 12.0. The minimum Gasteiger partial charge on any atom is -0.382 e. The van der Waals surface area contributed by atoms with E-state index < -0.39 is 0 Å². The molecule has 0 atom stereocenters. The fourth-order valence-electron chi connectivity index (χ4n) is 4.07. The third-order valence-corrected chi connectivity index (χ3v) is 6.66. The normalized spacial score (nSPS) is 14.4. The number of hydrogen-bond acceptors (Lipinski definition) is 6. The Labute approximate surface area is 183 Å². The van der Waals surface area contributed by atoms with E-state index in [9.17, 15) is 4.79 Å². The number of aromatic nitrogens is 3. The van der Waals surface area contributed by atoms with E-state index in [0.717, 1.165) is 47.0 Å². The molecule has 0 spiro atoms. The lowest BCUT2D eigenvalue weighted by molar-refractivity contribution is 0.0918. The molecule has 1 fully saturated rings. The molecule has 0 saturated heterocycles. The molecular weight excluding hydrogens is 416 g/mol. The number of Topliss-reactive ketones (excluding diaryl/α,β-unsaturated/α-hetero) is 1. The van der Waals surface area contributed by atoms with Crippen LogP contribution >= 0.6 is 22.9 Å². The highest BCUT2D eigenvalue weighted by atomic mass is 35.5. The number of benzene rings is 2. The third-order valence-electron chi connectivity index (χ3n) is 5.59. The van der Waals surface area contributed by atoms with Gasteiger partial charge in [-0.25, -0.2) is 15.0 Å². The van der Waals surface area contributed by atoms with E-state index in [-0.39, 0.29) is 23.2 Å². The van der Waals surface area contributed by atoms with Crippen LogP contribution in [0.15, 0.2) is 48.0 Å². The number of nitrogen functional groups attached to an aromatic ring is 1. The van der Waals surface area contributed by atoms with Gasteiger partial charge in [0.15, 0.2) is 11.6 Å². The SMILES string of the molecule is Nc1nc(-c2ccccc2)c(-c2cc(Cl)c3ncsc3c2)nc1C(=O)C1CCCC1. The highest BCUT2D eigenvalue weighted by Crippen LogP contribution is 2.37. The zero-order valence-electron chi connectivity index (χ0n) is 16.1. The number of fused-ring (bicyclic) bond motifs is 1. The van der Waals surface area contributed by atoms with Crippen molar-refractivity contribution in [3.8, 4) is 22.5 Å². The zero-order chi connectivity index (χ0) is 20.7. The van der Waals surface area contributed by atoms with Gasteiger partial charge in [0.1, 0.15) is 5.69 Å². The Bertz CT molecular complexity index is 1250. The van der Waals surface area contributed by atoms with E-state index in [1.807, 2.05) is 42.5 Å². The van der Waals surface area contributed by atoms with E-state index in [2.05, 4.69) is 9.97 Å². The predicted molar refractivity (Wildman–Crippen MR) is 122 cm³/mol. The van der Waals surface area contributed by atoms with Crippen molar-refractivity contribution in [1.29, 1.82) is 0 Å². The first kappa shape index (κ1) is 19.2. The third kappa shape index (κ3) is 3.36. The second kappa shape index (κ2) is 7.78. The maximum Gasteiger partial charge on any atom is 0.188 e. The molecule has 5 nitrogen and oxygen atoms in total. The average Bonchev–Trinajstić information content (AvgIpc) is 3.46. The van der Waals surface area contributed by atoms with E-state index >= 15 is 0 Å². The number of hydrogen-bond donors (Lipinski definition) is 1. The molecule has 0 aliphatic heterocycles. The van der Waals surface area contributed by atoms with Crippen molar-refractivity contribution >= 4 is 44.8 Å². The Kier molecular flexibility index (Phi) is 4.97. The number of halogens is 1. The quantitative estimate of drug-likeness (QED) is 0.396. The van der Waals surface area contributed by atoms with Crippen LogP contribution in [0.1, 0.15) is 36.2 Å². The Hall–Kier alpha value is -2.83. The maximum absolute atomic E-state index is 13.1. The van der Waals surface area contributed by atoms with E-state index in [1.54, 1.807) is 5.51 Å². The molecule has 150 valence electrons. The first-order valence-corrected chi connectivity index (χ1v) is 11.2. The van der Waals surface area contributed by atoms with Crippen LogP contribution in [-0.2, 0) is 0 Å². The number of thiazole rings is 1. The maximum atomic E-state index is 13.1. The van der Waals surface area contributed by atoms with Gasteiger partial charge >= 0.3 is 0 Å². The van der Waals surface area contributed by atoms with Gasteiger partial charge in [0.05, 0.1) is 32.1 Å². The summed E-state index contributed by atoms with van der Waals surface area (Å²) in [4.78, 5) is 26.9. The molecule has 2 aromatic heterocycles. The number of nitrogens with two attached hydrogens (primary N) is 1. The van der Waals surface area contributed by atoms with Gasteiger partial charge in [-0.1, -0.05) is 54.8 Å². The first-order valence-electron chi connectivity index (χ1n) is 9.92. The van der Waals surface area contributed by atoms with Gasteiger partial charge in [0.25, 0.3) is 0 Å². The van der Waals surface area contributed by atoms with Crippen LogP contribution in [0.2, 0.25) is 5.02 Å².